The SMILES string of the molecule is N=C(N)c1ccc(CNC(=O)N2CCN(C(=O)CCCCCCC(=O)N3CCN(C(N)=O)CC3)CC2)cc1. The van der Waals surface area contributed by atoms with Gasteiger partial charge in [-0.25, -0.2) is 9.59 Å². The van der Waals surface area contributed by atoms with Crippen molar-refractivity contribution < 1.29 is 19.2 Å². The van der Waals surface area contributed by atoms with Crippen LogP contribution in [0.4, 0.5) is 9.59 Å². The number of carbonyl (C=O) groups is 4. The Hall–Kier alpha value is -3.83. The largest absolute Gasteiger partial charge is 0.384 e. The van der Waals surface area contributed by atoms with E-state index >= 15 is 0 Å². The maximum atomic E-state index is 12.6. The van der Waals surface area contributed by atoms with Crippen LogP contribution in [0.3, 0.4) is 0 Å². The third-order valence-electron chi connectivity index (χ3n) is 7.10. The fraction of sp³-hybridized carbons (Fsp3) is 0.577. The Bertz CT molecular complexity index is 983. The van der Waals surface area contributed by atoms with Crippen molar-refractivity contribution in [2.45, 2.75) is 45.1 Å². The summed E-state index contributed by atoms with van der Waals surface area (Å²) in [6, 6.07) is 6.58. The summed E-state index contributed by atoms with van der Waals surface area (Å²) >= 11 is 0. The average molecular weight is 529 g/mol. The molecule has 2 aliphatic heterocycles. The van der Waals surface area contributed by atoms with Gasteiger partial charge in [0, 0.05) is 77.3 Å². The van der Waals surface area contributed by atoms with Crippen molar-refractivity contribution >= 4 is 29.7 Å². The van der Waals surface area contributed by atoms with Crippen LogP contribution in [0.2, 0.25) is 0 Å². The average Bonchev–Trinajstić information content (AvgIpc) is 2.93. The molecule has 2 heterocycles. The molecule has 1 aromatic carbocycles. The molecular weight excluding hydrogens is 488 g/mol. The van der Waals surface area contributed by atoms with Crippen molar-refractivity contribution in [3.05, 3.63) is 35.4 Å². The number of nitrogens with one attached hydrogen (secondary N) is 2. The lowest BCUT2D eigenvalue weighted by Gasteiger charge is -2.34. The normalized spacial score (nSPS) is 15.8. The Balaban J connectivity index is 1.23. The van der Waals surface area contributed by atoms with E-state index in [2.05, 4.69) is 5.32 Å². The van der Waals surface area contributed by atoms with E-state index in [1.807, 2.05) is 17.0 Å². The molecular formula is C26H40N8O4. The molecule has 2 saturated heterocycles. The minimum Gasteiger partial charge on any atom is -0.384 e. The zero-order valence-corrected chi connectivity index (χ0v) is 22.0. The van der Waals surface area contributed by atoms with E-state index in [-0.39, 0.29) is 23.7 Å². The van der Waals surface area contributed by atoms with Crippen molar-refractivity contribution in [2.75, 3.05) is 52.4 Å². The number of amides is 6. The van der Waals surface area contributed by atoms with Crippen LogP contribution in [0, 0.1) is 5.41 Å². The van der Waals surface area contributed by atoms with E-state index in [0.717, 1.165) is 31.2 Å². The highest BCUT2D eigenvalue weighted by molar-refractivity contribution is 5.94. The van der Waals surface area contributed by atoms with Crippen LogP contribution in [0.15, 0.2) is 24.3 Å². The number of urea groups is 2. The van der Waals surface area contributed by atoms with Crippen LogP contribution >= 0.6 is 0 Å². The van der Waals surface area contributed by atoms with E-state index in [1.54, 1.807) is 26.8 Å². The first kappa shape index (κ1) is 28.7. The van der Waals surface area contributed by atoms with Gasteiger partial charge in [0.05, 0.1) is 0 Å². The van der Waals surface area contributed by atoms with E-state index in [0.29, 0.717) is 77.3 Å². The van der Waals surface area contributed by atoms with Gasteiger partial charge in [0.25, 0.3) is 0 Å². The molecule has 0 saturated carbocycles. The standard InChI is InChI=1S/C26H40N8O4/c27-24(28)21-9-7-20(8-10-21)19-30-26(38)34-17-13-32(14-18-34)23(36)6-4-2-1-3-5-22(35)31-11-15-33(16-12-31)25(29)37/h7-10H,1-6,11-19H2,(H3,27,28)(H2,29,37)(H,30,38). The highest BCUT2D eigenvalue weighted by Crippen LogP contribution is 2.12. The van der Waals surface area contributed by atoms with E-state index < -0.39 is 6.03 Å². The summed E-state index contributed by atoms with van der Waals surface area (Å²) < 4.78 is 0. The second kappa shape index (κ2) is 14.2. The van der Waals surface area contributed by atoms with Gasteiger partial charge in [-0.2, -0.15) is 0 Å². The summed E-state index contributed by atoms with van der Waals surface area (Å²) in [5.74, 6) is 0.228. The zero-order chi connectivity index (χ0) is 27.5. The Morgan fingerprint density at radius 1 is 0.684 bits per heavy atom. The minimum atomic E-state index is -0.440. The van der Waals surface area contributed by atoms with Crippen molar-refractivity contribution in [2.24, 2.45) is 11.5 Å². The van der Waals surface area contributed by atoms with E-state index in [1.165, 1.54) is 0 Å². The quantitative estimate of drug-likeness (QED) is 0.200. The van der Waals surface area contributed by atoms with Gasteiger partial charge in [-0.3, -0.25) is 15.0 Å². The van der Waals surface area contributed by atoms with Crippen LogP contribution in [0.1, 0.15) is 49.7 Å². The zero-order valence-electron chi connectivity index (χ0n) is 22.0. The van der Waals surface area contributed by atoms with Crippen LogP contribution in [0.25, 0.3) is 0 Å². The second-order valence-electron chi connectivity index (χ2n) is 9.76. The first-order valence-corrected chi connectivity index (χ1v) is 13.3. The van der Waals surface area contributed by atoms with Crippen molar-refractivity contribution in [1.82, 2.24) is 24.9 Å². The van der Waals surface area contributed by atoms with Gasteiger partial charge < -0.3 is 36.4 Å². The van der Waals surface area contributed by atoms with Gasteiger partial charge in [-0.05, 0) is 18.4 Å². The van der Waals surface area contributed by atoms with Crippen molar-refractivity contribution in [3.8, 4) is 0 Å². The Kier molecular flexibility index (Phi) is 10.7. The van der Waals surface area contributed by atoms with Crippen molar-refractivity contribution in [1.29, 1.82) is 5.41 Å². The molecule has 3 rings (SSSR count). The van der Waals surface area contributed by atoms with Gasteiger partial charge in [0.1, 0.15) is 5.84 Å². The lowest BCUT2D eigenvalue weighted by Crippen LogP contribution is -2.53. The number of rotatable bonds is 10. The molecule has 0 unspecified atom stereocenters. The maximum absolute atomic E-state index is 12.6. The van der Waals surface area contributed by atoms with Gasteiger partial charge in [-0.1, -0.05) is 37.1 Å². The first-order chi connectivity index (χ1) is 18.2. The number of nitrogens with zero attached hydrogens (tertiary/aromatic N) is 4. The van der Waals surface area contributed by atoms with Gasteiger partial charge in [-0.15, -0.1) is 0 Å². The van der Waals surface area contributed by atoms with Crippen LogP contribution in [-0.2, 0) is 16.1 Å². The number of amidine groups is 1. The number of unbranched alkanes of at least 4 members (excludes halogenated alkanes) is 3. The van der Waals surface area contributed by atoms with E-state index in [4.69, 9.17) is 16.9 Å². The lowest BCUT2D eigenvalue weighted by molar-refractivity contribution is -0.133. The molecule has 0 bridgehead atoms. The predicted molar refractivity (Wildman–Crippen MR) is 143 cm³/mol. The molecule has 12 nitrogen and oxygen atoms in total. The molecule has 6 N–H and O–H groups in total. The fourth-order valence-electron chi connectivity index (χ4n) is 4.65. The van der Waals surface area contributed by atoms with Crippen molar-refractivity contribution in [3.63, 3.8) is 0 Å². The molecule has 0 aromatic heterocycles. The summed E-state index contributed by atoms with van der Waals surface area (Å²) in [5, 5.41) is 10.3. The highest BCUT2D eigenvalue weighted by Gasteiger charge is 2.24. The van der Waals surface area contributed by atoms with E-state index in [9.17, 15) is 19.2 Å². The molecule has 2 fully saturated rings. The number of carbonyl (C=O) groups excluding carboxylic acids is 4. The molecule has 38 heavy (non-hydrogen) atoms. The summed E-state index contributed by atoms with van der Waals surface area (Å²) in [4.78, 5) is 55.4. The summed E-state index contributed by atoms with van der Waals surface area (Å²) in [5.41, 5.74) is 12.3. The minimum absolute atomic E-state index is 0.00883. The highest BCUT2D eigenvalue weighted by atomic mass is 16.2. The number of piperazine rings is 2. The summed E-state index contributed by atoms with van der Waals surface area (Å²) in [7, 11) is 0. The fourth-order valence-corrected chi connectivity index (χ4v) is 4.65. The summed E-state index contributed by atoms with van der Waals surface area (Å²) in [6.45, 7) is 4.46. The van der Waals surface area contributed by atoms with Gasteiger partial charge in [0.2, 0.25) is 11.8 Å². The van der Waals surface area contributed by atoms with Crippen LogP contribution < -0.4 is 16.8 Å². The Morgan fingerprint density at radius 2 is 1.13 bits per heavy atom. The first-order valence-electron chi connectivity index (χ1n) is 13.3. The predicted octanol–water partition coefficient (Wildman–Crippen LogP) is 0.888. The molecule has 0 aliphatic carbocycles. The Labute approximate surface area is 223 Å². The molecule has 1 aromatic rings. The number of nitrogens with two attached hydrogens (primary N) is 2. The molecule has 0 atom stereocenters. The molecule has 208 valence electrons. The summed E-state index contributed by atoms with van der Waals surface area (Å²) in [6.07, 6.45) is 4.32. The molecule has 0 radical (unpaired) electrons. The smallest absolute Gasteiger partial charge is 0.317 e. The monoisotopic (exact) mass is 528 g/mol. The lowest BCUT2D eigenvalue weighted by atomic mass is 10.1. The van der Waals surface area contributed by atoms with Gasteiger partial charge >= 0.3 is 12.1 Å². The number of hydrogen-bond acceptors (Lipinski definition) is 5. The number of benzene rings is 1. The number of primary amides is 1. The second-order valence-corrected chi connectivity index (χ2v) is 9.76. The molecule has 0 spiro atoms. The Morgan fingerprint density at radius 3 is 1.58 bits per heavy atom. The number of hydrogen-bond donors (Lipinski definition) is 4. The molecule has 6 amide bonds. The van der Waals surface area contributed by atoms with Crippen LogP contribution in [-0.4, -0.2) is 102 Å². The topological polar surface area (TPSA) is 169 Å². The number of nitrogen functional groups attached to an aromatic ring is 1. The van der Waals surface area contributed by atoms with Gasteiger partial charge in [0.15, 0.2) is 0 Å². The van der Waals surface area contributed by atoms with Crippen LogP contribution in [0.5, 0.6) is 0 Å². The molecule has 2 aliphatic rings. The maximum Gasteiger partial charge on any atom is 0.317 e. The molecule has 12 heteroatoms. The third-order valence-corrected chi connectivity index (χ3v) is 7.10. The third kappa shape index (κ3) is 8.63.